The van der Waals surface area contributed by atoms with Crippen molar-refractivity contribution in [2.45, 2.75) is 6.04 Å². The predicted octanol–water partition coefficient (Wildman–Crippen LogP) is 3.58. The maximum Gasteiger partial charge on any atom is 0.282 e. The number of fused-ring (bicyclic) bond motifs is 1. The first-order chi connectivity index (χ1) is 17.1. The van der Waals surface area contributed by atoms with Crippen LogP contribution >= 0.6 is 11.3 Å². The Morgan fingerprint density at radius 2 is 1.71 bits per heavy atom. The fourth-order valence-electron chi connectivity index (χ4n) is 5.15. The molecule has 4 aromatic rings. The van der Waals surface area contributed by atoms with Gasteiger partial charge in [-0.2, -0.15) is 0 Å². The van der Waals surface area contributed by atoms with Gasteiger partial charge in [0, 0.05) is 92.2 Å². The van der Waals surface area contributed by atoms with Crippen molar-refractivity contribution in [2.24, 2.45) is 7.05 Å². The van der Waals surface area contributed by atoms with E-state index in [4.69, 9.17) is 0 Å². The van der Waals surface area contributed by atoms with Gasteiger partial charge in [-0.1, -0.05) is 36.4 Å². The average molecular weight is 486 g/mol. The molecule has 35 heavy (non-hydrogen) atoms. The number of carbonyl (C=O) groups is 2. The van der Waals surface area contributed by atoms with E-state index in [-0.39, 0.29) is 11.8 Å². The molecule has 2 amide bonds. The maximum atomic E-state index is 13.2. The summed E-state index contributed by atoms with van der Waals surface area (Å²) in [6.07, 6.45) is 3.80. The summed E-state index contributed by atoms with van der Waals surface area (Å²) in [6.45, 7) is 4.55. The Labute approximate surface area is 208 Å². The number of rotatable bonds is 4. The highest BCUT2D eigenvalue weighted by Gasteiger charge is 2.37. The number of benzene rings is 2. The number of amides is 2. The normalized spacial score (nSPS) is 17.1. The average Bonchev–Trinajstić information content (AvgIpc) is 3.52. The highest BCUT2D eigenvalue weighted by molar-refractivity contribution is 7.11. The van der Waals surface area contributed by atoms with E-state index < -0.39 is 0 Å². The third-order valence-electron chi connectivity index (χ3n) is 7.21. The minimum Gasteiger partial charge on any atom is -0.350 e. The molecule has 2 fully saturated rings. The molecule has 2 aliphatic heterocycles. The van der Waals surface area contributed by atoms with Gasteiger partial charge in [0.1, 0.15) is 0 Å². The molecule has 2 aromatic carbocycles. The topological polar surface area (TPSA) is 61.7 Å². The molecule has 0 bridgehead atoms. The summed E-state index contributed by atoms with van der Waals surface area (Å²) in [7, 11) is 2.03. The van der Waals surface area contributed by atoms with Crippen molar-refractivity contribution in [2.75, 3.05) is 39.3 Å². The lowest BCUT2D eigenvalue weighted by molar-refractivity contribution is 0.00854. The number of likely N-dealkylation sites (tertiary alicyclic amines) is 1. The second kappa shape index (κ2) is 8.94. The van der Waals surface area contributed by atoms with E-state index in [1.807, 2.05) is 52.6 Å². The van der Waals surface area contributed by atoms with Gasteiger partial charge in [-0.05, 0) is 17.7 Å². The molecule has 2 aromatic heterocycles. The highest BCUT2D eigenvalue weighted by atomic mass is 32.1. The van der Waals surface area contributed by atoms with E-state index in [1.54, 1.807) is 6.20 Å². The van der Waals surface area contributed by atoms with Crippen molar-refractivity contribution in [1.82, 2.24) is 24.3 Å². The van der Waals surface area contributed by atoms with Gasteiger partial charge in [0.05, 0.1) is 0 Å². The number of piperazine rings is 1. The van der Waals surface area contributed by atoms with Crippen LogP contribution in [0.2, 0.25) is 0 Å². The number of hydrogen-bond donors (Lipinski definition) is 0. The van der Waals surface area contributed by atoms with Crippen LogP contribution < -0.4 is 0 Å². The van der Waals surface area contributed by atoms with Crippen LogP contribution in [-0.2, 0) is 7.05 Å². The smallest absolute Gasteiger partial charge is 0.282 e. The Bertz CT molecular complexity index is 1370. The number of aromatic nitrogens is 2. The summed E-state index contributed by atoms with van der Waals surface area (Å²) in [6, 6.07) is 16.7. The van der Waals surface area contributed by atoms with Gasteiger partial charge < -0.3 is 14.4 Å². The fraction of sp³-hybridized carbons (Fsp3) is 0.296. The number of thiazole rings is 1. The molecule has 0 unspecified atom stereocenters. The lowest BCUT2D eigenvalue weighted by atomic mass is 10.0. The number of nitrogens with zero attached hydrogens (tertiary/aromatic N) is 5. The summed E-state index contributed by atoms with van der Waals surface area (Å²) in [4.78, 5) is 36.1. The van der Waals surface area contributed by atoms with Crippen molar-refractivity contribution in [3.63, 3.8) is 0 Å². The second-order valence-electron chi connectivity index (χ2n) is 9.28. The molecule has 0 N–H and O–H groups in total. The monoisotopic (exact) mass is 485 g/mol. The first kappa shape index (κ1) is 22.0. The van der Waals surface area contributed by atoms with Crippen molar-refractivity contribution in [1.29, 1.82) is 0 Å². The predicted molar refractivity (Wildman–Crippen MR) is 138 cm³/mol. The molecule has 8 heteroatoms. The molecule has 0 saturated carbocycles. The first-order valence-electron chi connectivity index (χ1n) is 11.9. The molecular formula is C27H27N5O2S. The van der Waals surface area contributed by atoms with Crippen LogP contribution in [0.15, 0.2) is 66.3 Å². The molecule has 7 nitrogen and oxygen atoms in total. The zero-order valence-electron chi connectivity index (χ0n) is 19.6. The van der Waals surface area contributed by atoms with E-state index in [0.29, 0.717) is 24.1 Å². The van der Waals surface area contributed by atoms with Gasteiger partial charge >= 0.3 is 0 Å². The van der Waals surface area contributed by atoms with Crippen LogP contribution in [-0.4, -0.2) is 81.4 Å². The number of carbonyl (C=O) groups excluding carboxylic acids is 2. The molecule has 0 radical (unpaired) electrons. The zero-order chi connectivity index (χ0) is 23.9. The fourth-order valence-corrected chi connectivity index (χ4v) is 5.76. The van der Waals surface area contributed by atoms with Gasteiger partial charge in [0.15, 0.2) is 5.01 Å². The summed E-state index contributed by atoms with van der Waals surface area (Å²) < 4.78 is 2.10. The Morgan fingerprint density at radius 3 is 2.43 bits per heavy atom. The molecule has 2 saturated heterocycles. The Balaban J connectivity index is 1.08. The van der Waals surface area contributed by atoms with Crippen molar-refractivity contribution in [3.05, 3.63) is 76.9 Å². The van der Waals surface area contributed by atoms with E-state index >= 15 is 0 Å². The van der Waals surface area contributed by atoms with Gasteiger partial charge in [-0.25, -0.2) is 4.98 Å². The number of hydrogen-bond acceptors (Lipinski definition) is 5. The summed E-state index contributed by atoms with van der Waals surface area (Å²) in [5.74, 6) is 0.111. The van der Waals surface area contributed by atoms with Crippen LogP contribution in [0, 0.1) is 0 Å². The van der Waals surface area contributed by atoms with E-state index in [1.165, 1.54) is 22.5 Å². The number of aryl methyl sites for hydroxylation is 1. The van der Waals surface area contributed by atoms with Crippen LogP contribution in [0.25, 0.3) is 22.0 Å². The van der Waals surface area contributed by atoms with Crippen LogP contribution in [0.4, 0.5) is 0 Å². The molecule has 4 heterocycles. The highest BCUT2D eigenvalue weighted by Crippen LogP contribution is 2.31. The second-order valence-corrected chi connectivity index (χ2v) is 10.2. The molecule has 0 aliphatic carbocycles. The Hall–Kier alpha value is -3.49. The van der Waals surface area contributed by atoms with Gasteiger partial charge in [-0.15, -0.1) is 11.3 Å². The molecule has 178 valence electrons. The summed E-state index contributed by atoms with van der Waals surface area (Å²) in [5, 5.41) is 3.55. The quantitative estimate of drug-likeness (QED) is 0.443. The summed E-state index contributed by atoms with van der Waals surface area (Å²) >= 11 is 1.39. The molecule has 0 atom stereocenters. The van der Waals surface area contributed by atoms with Crippen LogP contribution in [0.1, 0.15) is 20.2 Å². The van der Waals surface area contributed by atoms with Gasteiger partial charge in [-0.3, -0.25) is 14.5 Å². The van der Waals surface area contributed by atoms with Crippen LogP contribution in [0.3, 0.4) is 0 Å². The zero-order valence-corrected chi connectivity index (χ0v) is 20.4. The molecule has 2 aliphatic rings. The van der Waals surface area contributed by atoms with Gasteiger partial charge in [0.2, 0.25) is 0 Å². The van der Waals surface area contributed by atoms with E-state index in [9.17, 15) is 9.59 Å². The first-order valence-corrected chi connectivity index (χ1v) is 12.8. The SMILES string of the molecule is Cn1cc(-c2ccccc2)c2ccc(C(=O)N3CC(N4CCN(C(=O)c5nccs5)CC4)C3)cc21. The van der Waals surface area contributed by atoms with E-state index in [0.717, 1.165) is 42.6 Å². The minimum absolute atomic E-state index is 0.0246. The van der Waals surface area contributed by atoms with Gasteiger partial charge in [0.25, 0.3) is 11.8 Å². The lowest BCUT2D eigenvalue weighted by Crippen LogP contribution is -2.64. The molecule has 6 rings (SSSR count). The van der Waals surface area contributed by atoms with Crippen LogP contribution in [0.5, 0.6) is 0 Å². The largest absolute Gasteiger partial charge is 0.350 e. The Morgan fingerprint density at radius 1 is 0.943 bits per heavy atom. The van der Waals surface area contributed by atoms with Crippen molar-refractivity contribution >= 4 is 34.1 Å². The standard InChI is InChI=1S/C27H27N5O2S/c1-29-18-23(19-5-3-2-4-6-19)22-8-7-20(15-24(22)29)26(33)32-16-21(17-32)30-10-12-31(13-11-30)27(34)25-28-9-14-35-25/h2-9,14-15,18,21H,10-13,16-17H2,1H3. The third kappa shape index (κ3) is 4.02. The Kier molecular flexibility index (Phi) is 5.62. The van der Waals surface area contributed by atoms with Crippen molar-refractivity contribution < 1.29 is 9.59 Å². The minimum atomic E-state index is 0.0246. The maximum absolute atomic E-state index is 13.2. The third-order valence-corrected chi connectivity index (χ3v) is 7.97. The van der Waals surface area contributed by atoms with Crippen molar-refractivity contribution in [3.8, 4) is 11.1 Å². The van der Waals surface area contributed by atoms with E-state index in [2.05, 4.69) is 38.8 Å². The summed E-state index contributed by atoms with van der Waals surface area (Å²) in [5.41, 5.74) is 4.15. The lowest BCUT2D eigenvalue weighted by Gasteiger charge is -2.48. The molecular weight excluding hydrogens is 458 g/mol. The molecule has 0 spiro atoms.